The van der Waals surface area contributed by atoms with Crippen LogP contribution in [0.25, 0.3) is 10.9 Å². The molecule has 10 heteroatoms. The lowest BCUT2D eigenvalue weighted by atomic mass is 10.0. The molecule has 5 rings (SSSR count). The molecular weight excluding hydrogens is 532 g/mol. The average molecular weight is 561 g/mol. The van der Waals surface area contributed by atoms with Crippen LogP contribution in [0.1, 0.15) is 16.8 Å². The summed E-state index contributed by atoms with van der Waals surface area (Å²) in [6.45, 7) is 1.88. The van der Waals surface area contributed by atoms with Crippen molar-refractivity contribution in [1.29, 1.82) is 0 Å². The molecule has 0 spiro atoms. The van der Waals surface area contributed by atoms with Crippen molar-refractivity contribution >= 4 is 45.9 Å². The second-order valence-electron chi connectivity index (χ2n) is 9.67. The summed E-state index contributed by atoms with van der Waals surface area (Å²) in [6, 6.07) is 19.3. The molecule has 1 atom stereocenters. The Kier molecular flexibility index (Phi) is 7.66. The third kappa shape index (κ3) is 5.46. The fourth-order valence-corrected chi connectivity index (χ4v) is 5.32. The number of anilines is 1. The fourth-order valence-electron chi connectivity index (χ4n) is 5.05. The Morgan fingerprint density at radius 3 is 2.55 bits per heavy atom. The zero-order chi connectivity index (χ0) is 28.4. The molecule has 2 heterocycles. The molecule has 0 saturated heterocycles. The molecule has 0 aliphatic carbocycles. The van der Waals surface area contributed by atoms with Gasteiger partial charge in [-0.2, -0.15) is 0 Å². The van der Waals surface area contributed by atoms with E-state index in [1.54, 1.807) is 41.9 Å². The first-order valence-electron chi connectivity index (χ1n) is 12.8. The summed E-state index contributed by atoms with van der Waals surface area (Å²) >= 11 is 6.47. The van der Waals surface area contributed by atoms with E-state index in [-0.39, 0.29) is 31.6 Å². The monoisotopic (exact) mass is 560 g/mol. The highest BCUT2D eigenvalue weighted by Crippen LogP contribution is 2.35. The quantitative estimate of drug-likeness (QED) is 0.323. The van der Waals surface area contributed by atoms with Crippen molar-refractivity contribution in [3.05, 3.63) is 88.6 Å². The van der Waals surface area contributed by atoms with E-state index in [2.05, 4.69) is 5.32 Å². The van der Waals surface area contributed by atoms with E-state index >= 15 is 0 Å². The number of carbonyl (C=O) groups excluding carboxylic acids is 3. The summed E-state index contributed by atoms with van der Waals surface area (Å²) in [6.07, 6.45) is 0.287. The molecule has 0 radical (unpaired) electrons. The van der Waals surface area contributed by atoms with Gasteiger partial charge in [-0.25, -0.2) is 0 Å². The zero-order valence-corrected chi connectivity index (χ0v) is 22.9. The summed E-state index contributed by atoms with van der Waals surface area (Å²) in [5, 5.41) is 4.16. The third-order valence-corrected chi connectivity index (χ3v) is 7.37. The van der Waals surface area contributed by atoms with Crippen molar-refractivity contribution in [3.63, 3.8) is 0 Å². The Balaban J connectivity index is 1.42. The van der Waals surface area contributed by atoms with Gasteiger partial charge in [0.25, 0.3) is 0 Å². The first-order chi connectivity index (χ1) is 19.2. The maximum Gasteiger partial charge on any atom is 0.249 e. The number of fused-ring (bicyclic) bond motifs is 2. The minimum atomic E-state index is -0.840. The molecule has 0 fully saturated rings. The summed E-state index contributed by atoms with van der Waals surface area (Å²) < 4.78 is 12.6. The number of primary amides is 1. The topological polar surface area (TPSA) is 116 Å². The first-order valence-corrected chi connectivity index (χ1v) is 13.2. The number of nitrogens with zero attached hydrogens (tertiary/aromatic N) is 2. The predicted molar refractivity (Wildman–Crippen MR) is 153 cm³/mol. The van der Waals surface area contributed by atoms with Gasteiger partial charge in [-0.15, -0.1) is 0 Å². The molecule has 0 saturated carbocycles. The van der Waals surface area contributed by atoms with Gasteiger partial charge in [-0.1, -0.05) is 54.1 Å². The van der Waals surface area contributed by atoms with Gasteiger partial charge >= 0.3 is 0 Å². The van der Waals surface area contributed by atoms with Crippen LogP contribution in [0.3, 0.4) is 0 Å². The van der Waals surface area contributed by atoms with Crippen molar-refractivity contribution < 1.29 is 23.9 Å². The number of aromatic nitrogens is 1. The number of benzene rings is 3. The van der Waals surface area contributed by atoms with E-state index in [1.807, 2.05) is 43.3 Å². The van der Waals surface area contributed by atoms with Gasteiger partial charge < -0.3 is 30.0 Å². The van der Waals surface area contributed by atoms with Gasteiger partial charge in [0, 0.05) is 36.3 Å². The van der Waals surface area contributed by atoms with Crippen molar-refractivity contribution in [2.24, 2.45) is 5.73 Å². The van der Waals surface area contributed by atoms with Gasteiger partial charge in [0.05, 0.1) is 17.0 Å². The molecule has 0 unspecified atom stereocenters. The van der Waals surface area contributed by atoms with Crippen LogP contribution in [-0.4, -0.2) is 42.2 Å². The summed E-state index contributed by atoms with van der Waals surface area (Å²) in [5.41, 5.74) is 9.07. The van der Waals surface area contributed by atoms with Crippen molar-refractivity contribution in [2.75, 3.05) is 18.7 Å². The highest BCUT2D eigenvalue weighted by atomic mass is 35.5. The number of carbonyl (C=O) groups is 3. The molecule has 0 bridgehead atoms. The van der Waals surface area contributed by atoms with Crippen LogP contribution in [0.5, 0.6) is 11.5 Å². The molecule has 3 aromatic carbocycles. The second-order valence-corrected chi connectivity index (χ2v) is 10.1. The zero-order valence-electron chi connectivity index (χ0n) is 22.1. The number of nitrogens with two attached hydrogens (primary N) is 1. The maximum atomic E-state index is 13.8. The van der Waals surface area contributed by atoms with Gasteiger partial charge in [-0.3, -0.25) is 14.4 Å². The highest BCUT2D eigenvalue weighted by Gasteiger charge is 2.28. The molecule has 1 aliphatic rings. The molecule has 40 heavy (non-hydrogen) atoms. The molecular formula is C30H29ClN4O5. The van der Waals surface area contributed by atoms with Crippen molar-refractivity contribution in [2.45, 2.75) is 32.4 Å². The Morgan fingerprint density at radius 1 is 1.05 bits per heavy atom. The lowest BCUT2D eigenvalue weighted by molar-refractivity contribution is -0.127. The minimum absolute atomic E-state index is 0.0131. The number of rotatable bonds is 9. The fraction of sp³-hybridized carbons (Fsp3) is 0.233. The second kappa shape index (κ2) is 11.3. The molecule has 206 valence electrons. The van der Waals surface area contributed by atoms with E-state index in [0.29, 0.717) is 45.4 Å². The Bertz CT molecular complexity index is 1600. The molecule has 3 N–H and O–H groups in total. The maximum absolute atomic E-state index is 13.8. The number of halogens is 1. The normalized spacial score (nSPS) is 12.8. The minimum Gasteiger partial charge on any atom is -0.454 e. The van der Waals surface area contributed by atoms with Crippen LogP contribution in [0.4, 0.5) is 5.69 Å². The van der Waals surface area contributed by atoms with Crippen molar-refractivity contribution in [3.8, 4) is 11.5 Å². The average Bonchev–Trinajstić information content (AvgIpc) is 3.51. The number of hydrogen-bond donors (Lipinski definition) is 2. The number of nitrogens with one attached hydrogen (secondary N) is 1. The van der Waals surface area contributed by atoms with Crippen LogP contribution in [0, 0.1) is 6.92 Å². The van der Waals surface area contributed by atoms with Crippen LogP contribution < -0.4 is 25.4 Å². The lowest BCUT2D eigenvalue weighted by Gasteiger charge is -2.25. The summed E-state index contributed by atoms with van der Waals surface area (Å²) in [4.78, 5) is 40.5. The predicted octanol–water partition coefficient (Wildman–Crippen LogP) is 3.75. The standard InChI is InChI=1S/C30H29ClN4O5/c1-18-22(21-9-6-10-23(31)29(21)35(18)16-27(32)36)15-28(37)33-24(13-19-7-4-3-5-8-19)30(38)34(2)20-11-12-25-26(14-20)40-17-39-25/h3-12,14,24H,13,15-17H2,1-2H3,(H2,32,36)(H,33,37)/t24-/m0/s1. The lowest BCUT2D eigenvalue weighted by Crippen LogP contribution is -2.49. The van der Waals surface area contributed by atoms with Crippen LogP contribution >= 0.6 is 11.6 Å². The number of ether oxygens (including phenoxy) is 2. The molecule has 1 aromatic heterocycles. The summed E-state index contributed by atoms with van der Waals surface area (Å²) in [7, 11) is 1.66. The Labute approximate surface area is 236 Å². The smallest absolute Gasteiger partial charge is 0.249 e. The summed E-state index contributed by atoms with van der Waals surface area (Å²) in [5.74, 6) is 0.0320. The van der Waals surface area contributed by atoms with Crippen LogP contribution in [0.15, 0.2) is 66.7 Å². The van der Waals surface area contributed by atoms with Gasteiger partial charge in [0.2, 0.25) is 24.5 Å². The third-order valence-electron chi connectivity index (χ3n) is 7.06. The van der Waals surface area contributed by atoms with Gasteiger partial charge in [0.15, 0.2) is 11.5 Å². The van der Waals surface area contributed by atoms with Gasteiger partial charge in [0.1, 0.15) is 12.6 Å². The largest absolute Gasteiger partial charge is 0.454 e. The van der Waals surface area contributed by atoms with E-state index in [0.717, 1.165) is 10.9 Å². The number of amides is 3. The number of hydrogen-bond acceptors (Lipinski definition) is 5. The molecule has 3 amide bonds. The van der Waals surface area contributed by atoms with E-state index in [9.17, 15) is 14.4 Å². The van der Waals surface area contributed by atoms with Crippen LogP contribution in [-0.2, 0) is 33.8 Å². The first kappa shape index (κ1) is 27.1. The highest BCUT2D eigenvalue weighted by molar-refractivity contribution is 6.35. The van der Waals surface area contributed by atoms with Gasteiger partial charge in [-0.05, 0) is 36.2 Å². The number of para-hydroxylation sites is 1. The van der Waals surface area contributed by atoms with E-state index in [1.165, 1.54) is 4.90 Å². The number of likely N-dealkylation sites (N-methyl/N-ethyl adjacent to an activating group) is 1. The van der Waals surface area contributed by atoms with Crippen LogP contribution in [0.2, 0.25) is 5.02 Å². The van der Waals surface area contributed by atoms with E-state index < -0.39 is 11.9 Å². The molecule has 1 aliphatic heterocycles. The Hall–Kier alpha value is -4.50. The molecule has 9 nitrogen and oxygen atoms in total. The molecule has 4 aromatic rings. The van der Waals surface area contributed by atoms with E-state index in [4.69, 9.17) is 26.8 Å². The van der Waals surface area contributed by atoms with Crippen molar-refractivity contribution in [1.82, 2.24) is 9.88 Å². The SMILES string of the molecule is Cc1c(CC(=O)N[C@@H](Cc2ccccc2)C(=O)N(C)c2ccc3c(c2)OCO3)c2cccc(Cl)c2n1CC(N)=O. The Morgan fingerprint density at radius 2 is 1.80 bits per heavy atom.